The van der Waals surface area contributed by atoms with E-state index in [9.17, 15) is 5.11 Å². The average Bonchev–Trinajstić information content (AvgIpc) is 2.60. The lowest BCUT2D eigenvalue weighted by molar-refractivity contribution is 0.129. The Labute approximate surface area is 130 Å². The first-order valence-corrected chi connectivity index (χ1v) is 7.77. The Bertz CT molecular complexity index is 697. The summed E-state index contributed by atoms with van der Waals surface area (Å²) in [5.41, 5.74) is 3.18. The number of aliphatic hydroxyl groups is 1. The predicted molar refractivity (Wildman–Crippen MR) is 87.8 cm³/mol. The number of fused-ring (bicyclic) bond motifs is 1. The molecule has 2 atom stereocenters. The van der Waals surface area contributed by atoms with Crippen molar-refractivity contribution < 1.29 is 9.84 Å². The number of pyridine rings is 1. The van der Waals surface area contributed by atoms with Gasteiger partial charge in [0.2, 0.25) is 0 Å². The zero-order chi connectivity index (χ0) is 15.5. The summed E-state index contributed by atoms with van der Waals surface area (Å²) in [5, 5.41) is 15.1. The maximum atomic E-state index is 10.8. The Balaban J connectivity index is 1.94. The quantitative estimate of drug-likeness (QED) is 0.909. The lowest BCUT2D eigenvalue weighted by Gasteiger charge is -2.28. The van der Waals surface area contributed by atoms with Gasteiger partial charge in [-0.05, 0) is 55.3 Å². The van der Waals surface area contributed by atoms with E-state index >= 15 is 0 Å². The maximum Gasteiger partial charge on any atom is 0.119 e. The SMILES string of the molecule is CCC1=CN[C@H]([C@H](O)c2ccnc3ccc(OC)cc23)CC1. The second-order valence-corrected chi connectivity index (χ2v) is 5.70. The van der Waals surface area contributed by atoms with Crippen LogP contribution in [0.5, 0.6) is 5.75 Å². The fraction of sp³-hybridized carbons (Fsp3) is 0.389. The molecule has 0 saturated heterocycles. The number of hydrogen-bond acceptors (Lipinski definition) is 4. The Kier molecular flexibility index (Phi) is 4.29. The molecule has 2 aromatic rings. The number of rotatable bonds is 4. The van der Waals surface area contributed by atoms with E-state index in [0.717, 1.165) is 41.5 Å². The molecule has 0 radical (unpaired) electrons. The lowest BCUT2D eigenvalue weighted by Crippen LogP contribution is -2.34. The molecule has 0 spiro atoms. The van der Waals surface area contributed by atoms with E-state index < -0.39 is 6.10 Å². The third-order valence-electron chi connectivity index (χ3n) is 4.41. The van der Waals surface area contributed by atoms with Crippen molar-refractivity contribution in [3.63, 3.8) is 0 Å². The van der Waals surface area contributed by atoms with Crippen LogP contribution in [0.1, 0.15) is 37.9 Å². The van der Waals surface area contributed by atoms with Crippen molar-refractivity contribution in [2.24, 2.45) is 0 Å². The summed E-state index contributed by atoms with van der Waals surface area (Å²) in [6.07, 6.45) is 6.29. The highest BCUT2D eigenvalue weighted by Crippen LogP contribution is 2.31. The fourth-order valence-electron chi connectivity index (χ4n) is 3.00. The highest BCUT2D eigenvalue weighted by Gasteiger charge is 2.24. The summed E-state index contributed by atoms with van der Waals surface area (Å²) < 4.78 is 5.30. The number of nitrogens with one attached hydrogen (secondary N) is 1. The van der Waals surface area contributed by atoms with Crippen LogP contribution in [0.3, 0.4) is 0 Å². The molecule has 0 aliphatic carbocycles. The van der Waals surface area contributed by atoms with Gasteiger partial charge in [0.25, 0.3) is 0 Å². The van der Waals surface area contributed by atoms with E-state index in [1.807, 2.05) is 24.3 Å². The Hall–Kier alpha value is -2.07. The number of allylic oxidation sites excluding steroid dienone is 1. The van der Waals surface area contributed by atoms with Crippen LogP contribution < -0.4 is 10.1 Å². The Morgan fingerprint density at radius 3 is 2.95 bits per heavy atom. The second-order valence-electron chi connectivity index (χ2n) is 5.70. The molecule has 0 amide bonds. The first kappa shape index (κ1) is 14.9. The molecule has 3 rings (SSSR count). The van der Waals surface area contributed by atoms with E-state index in [0.29, 0.717) is 0 Å². The highest BCUT2D eigenvalue weighted by molar-refractivity contribution is 5.83. The van der Waals surface area contributed by atoms with Gasteiger partial charge in [0.05, 0.1) is 24.8 Å². The van der Waals surface area contributed by atoms with Crippen LogP contribution in [0.2, 0.25) is 0 Å². The summed E-state index contributed by atoms with van der Waals surface area (Å²) in [6.45, 7) is 2.16. The standard InChI is InChI=1S/C18H22N2O2/c1-3-12-4-6-17(20-11-12)18(21)14-8-9-19-16-7-5-13(22-2)10-15(14)16/h5,7-11,17-18,20-21H,3-4,6H2,1-2H3/t17-,18+/m0/s1. The number of benzene rings is 1. The van der Waals surface area contributed by atoms with Crippen molar-refractivity contribution in [2.75, 3.05) is 7.11 Å². The van der Waals surface area contributed by atoms with Gasteiger partial charge < -0.3 is 15.2 Å². The summed E-state index contributed by atoms with van der Waals surface area (Å²) in [6, 6.07) is 7.69. The normalized spacial score (nSPS) is 19.4. The molecular weight excluding hydrogens is 276 g/mol. The third-order valence-corrected chi connectivity index (χ3v) is 4.41. The second kappa shape index (κ2) is 6.36. The van der Waals surface area contributed by atoms with Crippen molar-refractivity contribution in [2.45, 2.75) is 38.3 Å². The first-order chi connectivity index (χ1) is 10.7. The minimum absolute atomic E-state index is 0.0344. The topological polar surface area (TPSA) is 54.4 Å². The van der Waals surface area contributed by atoms with Crippen LogP contribution in [0, 0.1) is 0 Å². The molecule has 0 unspecified atom stereocenters. The monoisotopic (exact) mass is 298 g/mol. The van der Waals surface area contributed by atoms with Gasteiger partial charge in [-0.15, -0.1) is 0 Å². The van der Waals surface area contributed by atoms with Gasteiger partial charge in [-0.1, -0.05) is 12.5 Å². The van der Waals surface area contributed by atoms with Crippen LogP contribution >= 0.6 is 0 Å². The molecule has 1 aromatic heterocycles. The molecule has 2 heterocycles. The van der Waals surface area contributed by atoms with Crippen LogP contribution in [-0.4, -0.2) is 23.2 Å². The molecule has 1 aromatic carbocycles. The van der Waals surface area contributed by atoms with Crippen molar-refractivity contribution in [1.82, 2.24) is 10.3 Å². The fourth-order valence-corrected chi connectivity index (χ4v) is 3.00. The molecular formula is C18H22N2O2. The Morgan fingerprint density at radius 2 is 2.27 bits per heavy atom. The zero-order valence-electron chi connectivity index (χ0n) is 13.0. The molecule has 4 heteroatoms. The van der Waals surface area contributed by atoms with E-state index in [-0.39, 0.29) is 6.04 Å². The molecule has 0 saturated carbocycles. The number of aliphatic hydroxyl groups excluding tert-OH is 1. The van der Waals surface area contributed by atoms with Crippen molar-refractivity contribution in [3.8, 4) is 5.75 Å². The molecule has 116 valence electrons. The van der Waals surface area contributed by atoms with Crippen LogP contribution in [0.4, 0.5) is 0 Å². The summed E-state index contributed by atoms with van der Waals surface area (Å²) in [4.78, 5) is 4.37. The predicted octanol–water partition coefficient (Wildman–Crippen LogP) is 3.32. The van der Waals surface area contributed by atoms with Gasteiger partial charge in [0.15, 0.2) is 0 Å². The third kappa shape index (κ3) is 2.79. The van der Waals surface area contributed by atoms with Gasteiger partial charge in [-0.2, -0.15) is 0 Å². The minimum atomic E-state index is -0.563. The summed E-state index contributed by atoms with van der Waals surface area (Å²) >= 11 is 0. The largest absolute Gasteiger partial charge is 0.497 e. The van der Waals surface area contributed by atoms with E-state index in [1.54, 1.807) is 13.3 Å². The molecule has 1 aliphatic rings. The van der Waals surface area contributed by atoms with E-state index in [2.05, 4.69) is 23.4 Å². The molecule has 22 heavy (non-hydrogen) atoms. The smallest absolute Gasteiger partial charge is 0.119 e. The van der Waals surface area contributed by atoms with Gasteiger partial charge in [-0.3, -0.25) is 4.98 Å². The van der Waals surface area contributed by atoms with Gasteiger partial charge in [0, 0.05) is 11.6 Å². The molecule has 4 nitrogen and oxygen atoms in total. The minimum Gasteiger partial charge on any atom is -0.497 e. The number of hydrogen-bond donors (Lipinski definition) is 2. The molecule has 2 N–H and O–H groups in total. The summed E-state index contributed by atoms with van der Waals surface area (Å²) in [5.74, 6) is 0.777. The zero-order valence-corrected chi connectivity index (χ0v) is 13.0. The van der Waals surface area contributed by atoms with E-state index in [1.165, 1.54) is 5.57 Å². The number of aromatic nitrogens is 1. The highest BCUT2D eigenvalue weighted by atomic mass is 16.5. The maximum absolute atomic E-state index is 10.8. The molecule has 0 fully saturated rings. The Morgan fingerprint density at radius 1 is 1.41 bits per heavy atom. The van der Waals surface area contributed by atoms with Crippen molar-refractivity contribution >= 4 is 10.9 Å². The van der Waals surface area contributed by atoms with Gasteiger partial charge >= 0.3 is 0 Å². The van der Waals surface area contributed by atoms with Crippen molar-refractivity contribution in [1.29, 1.82) is 0 Å². The van der Waals surface area contributed by atoms with Crippen LogP contribution in [-0.2, 0) is 0 Å². The number of nitrogens with zero attached hydrogens (tertiary/aromatic N) is 1. The lowest BCUT2D eigenvalue weighted by atomic mass is 9.92. The average molecular weight is 298 g/mol. The van der Waals surface area contributed by atoms with E-state index in [4.69, 9.17) is 4.74 Å². The summed E-state index contributed by atoms with van der Waals surface area (Å²) in [7, 11) is 1.65. The van der Waals surface area contributed by atoms with Crippen LogP contribution in [0.25, 0.3) is 10.9 Å². The molecule has 1 aliphatic heterocycles. The van der Waals surface area contributed by atoms with Gasteiger partial charge in [0.1, 0.15) is 5.75 Å². The first-order valence-electron chi connectivity index (χ1n) is 7.77. The molecule has 0 bridgehead atoms. The number of methoxy groups -OCH3 is 1. The van der Waals surface area contributed by atoms with Crippen LogP contribution in [0.15, 0.2) is 42.2 Å². The van der Waals surface area contributed by atoms with Crippen molar-refractivity contribution in [3.05, 3.63) is 47.8 Å². The number of ether oxygens (including phenoxy) is 1. The van der Waals surface area contributed by atoms with Gasteiger partial charge in [-0.25, -0.2) is 0 Å².